The number of aromatic nitrogens is 1. The molecule has 0 unspecified atom stereocenters. The number of nitrogens with zero attached hydrogens (tertiary/aromatic N) is 1. The number of anilines is 1. The van der Waals surface area contributed by atoms with Gasteiger partial charge in [-0.05, 0) is 36.8 Å². The number of carbonyl (C=O) groups excluding carboxylic acids is 1. The van der Waals surface area contributed by atoms with E-state index >= 15 is 0 Å². The fraction of sp³-hybridized carbons (Fsp3) is 0.200. The Morgan fingerprint density at radius 3 is 2.63 bits per heavy atom. The second-order valence-corrected chi connectivity index (χ2v) is 4.16. The molecule has 0 atom stereocenters. The Morgan fingerprint density at radius 2 is 2.00 bits per heavy atom. The van der Waals surface area contributed by atoms with Crippen LogP contribution in [0.1, 0.15) is 22.8 Å². The summed E-state index contributed by atoms with van der Waals surface area (Å²) in [6.07, 6.45) is 1.67. The van der Waals surface area contributed by atoms with Crippen LogP contribution in [0.25, 0.3) is 0 Å². The average Bonchev–Trinajstić information content (AvgIpc) is 2.46. The van der Waals surface area contributed by atoms with Crippen LogP contribution in [0.2, 0.25) is 0 Å². The van der Waals surface area contributed by atoms with Crippen LogP contribution in [-0.4, -0.2) is 17.9 Å². The van der Waals surface area contributed by atoms with Crippen LogP contribution in [-0.2, 0) is 6.54 Å². The molecule has 0 aliphatic heterocycles. The number of hydrogen-bond acceptors (Lipinski definition) is 4. The van der Waals surface area contributed by atoms with Crippen molar-refractivity contribution in [1.82, 2.24) is 4.98 Å². The molecule has 1 heterocycles. The number of ketones is 1. The molecule has 1 aromatic carbocycles. The van der Waals surface area contributed by atoms with Crippen molar-refractivity contribution >= 4 is 11.6 Å². The Hall–Kier alpha value is -2.36. The molecule has 2 rings (SSSR count). The van der Waals surface area contributed by atoms with E-state index in [1.807, 2.05) is 24.3 Å². The number of methoxy groups -OCH3 is 1. The van der Waals surface area contributed by atoms with Crippen molar-refractivity contribution in [2.75, 3.05) is 12.4 Å². The third kappa shape index (κ3) is 3.31. The highest BCUT2D eigenvalue weighted by Gasteiger charge is 2.07. The monoisotopic (exact) mass is 256 g/mol. The molecular weight excluding hydrogens is 240 g/mol. The summed E-state index contributed by atoms with van der Waals surface area (Å²) in [6, 6.07) is 11.3. The van der Waals surface area contributed by atoms with Crippen molar-refractivity contribution in [1.29, 1.82) is 0 Å². The predicted molar refractivity (Wildman–Crippen MR) is 74.6 cm³/mol. The second-order valence-electron chi connectivity index (χ2n) is 4.16. The summed E-state index contributed by atoms with van der Waals surface area (Å²) in [5.74, 6) is 1.45. The quantitative estimate of drug-likeness (QED) is 0.836. The molecule has 2 aromatic rings. The van der Waals surface area contributed by atoms with Crippen molar-refractivity contribution in [3.8, 4) is 5.75 Å². The topological polar surface area (TPSA) is 51.2 Å². The fourth-order valence-electron chi connectivity index (χ4n) is 1.76. The molecule has 0 aliphatic carbocycles. The molecule has 0 spiro atoms. The molecule has 0 radical (unpaired) electrons. The maximum atomic E-state index is 11.5. The third-order valence-corrected chi connectivity index (χ3v) is 2.81. The molecule has 0 bridgehead atoms. The van der Waals surface area contributed by atoms with Gasteiger partial charge in [0.25, 0.3) is 0 Å². The van der Waals surface area contributed by atoms with Gasteiger partial charge in [-0.2, -0.15) is 0 Å². The highest BCUT2D eigenvalue weighted by molar-refractivity contribution is 5.98. The van der Waals surface area contributed by atoms with E-state index < -0.39 is 0 Å². The minimum Gasteiger partial charge on any atom is -0.497 e. The summed E-state index contributed by atoms with van der Waals surface area (Å²) >= 11 is 0. The highest BCUT2D eigenvalue weighted by Crippen LogP contribution is 2.15. The van der Waals surface area contributed by atoms with Crippen molar-refractivity contribution in [3.05, 3.63) is 53.7 Å². The maximum absolute atomic E-state index is 11.5. The van der Waals surface area contributed by atoms with Crippen molar-refractivity contribution < 1.29 is 9.53 Å². The van der Waals surface area contributed by atoms with Crippen LogP contribution in [0.3, 0.4) is 0 Å². The fourth-order valence-corrected chi connectivity index (χ4v) is 1.76. The summed E-state index contributed by atoms with van der Waals surface area (Å²) in [5.41, 5.74) is 1.71. The summed E-state index contributed by atoms with van der Waals surface area (Å²) < 4.78 is 5.11. The van der Waals surface area contributed by atoms with E-state index in [0.29, 0.717) is 17.9 Å². The van der Waals surface area contributed by atoms with Gasteiger partial charge in [0, 0.05) is 12.7 Å². The highest BCUT2D eigenvalue weighted by atomic mass is 16.5. The van der Waals surface area contributed by atoms with Gasteiger partial charge >= 0.3 is 0 Å². The Bertz CT molecular complexity index is 565. The molecule has 19 heavy (non-hydrogen) atoms. The lowest BCUT2D eigenvalue weighted by Crippen LogP contribution is -2.06. The van der Waals surface area contributed by atoms with E-state index in [9.17, 15) is 4.79 Å². The largest absolute Gasteiger partial charge is 0.497 e. The van der Waals surface area contributed by atoms with Crippen LogP contribution in [0, 0.1) is 0 Å². The molecule has 0 amide bonds. The van der Waals surface area contributed by atoms with Crippen molar-refractivity contribution in [2.24, 2.45) is 0 Å². The number of Topliss-reactive ketones (excluding diaryl/α,β-unsaturated/α-hetero) is 1. The van der Waals surface area contributed by atoms with Gasteiger partial charge in [-0.3, -0.25) is 4.79 Å². The van der Waals surface area contributed by atoms with E-state index in [4.69, 9.17) is 4.74 Å². The molecule has 0 saturated heterocycles. The number of rotatable bonds is 5. The predicted octanol–water partition coefficient (Wildman–Crippen LogP) is 2.90. The third-order valence-electron chi connectivity index (χ3n) is 2.81. The molecule has 4 heteroatoms. The molecule has 0 aliphatic rings. The summed E-state index contributed by atoms with van der Waals surface area (Å²) in [5, 5.41) is 3.18. The summed E-state index contributed by atoms with van der Waals surface area (Å²) in [6.45, 7) is 2.15. The van der Waals surface area contributed by atoms with Crippen LogP contribution in [0.5, 0.6) is 5.75 Å². The molecule has 0 fully saturated rings. The first kappa shape index (κ1) is 13.1. The maximum Gasteiger partial charge on any atom is 0.163 e. The van der Waals surface area contributed by atoms with Crippen LogP contribution in [0.15, 0.2) is 42.6 Å². The van der Waals surface area contributed by atoms with Gasteiger partial charge in [-0.15, -0.1) is 0 Å². The normalized spacial score (nSPS) is 10.0. The van der Waals surface area contributed by atoms with E-state index in [1.54, 1.807) is 25.4 Å². The lowest BCUT2D eigenvalue weighted by molar-refractivity contribution is 0.101. The van der Waals surface area contributed by atoms with Gasteiger partial charge in [0.1, 0.15) is 11.6 Å². The minimum absolute atomic E-state index is 0.00494. The Kier molecular flexibility index (Phi) is 4.13. The minimum atomic E-state index is 0.00494. The zero-order chi connectivity index (χ0) is 13.7. The smallest absolute Gasteiger partial charge is 0.163 e. The van der Waals surface area contributed by atoms with Crippen LogP contribution >= 0.6 is 0 Å². The van der Waals surface area contributed by atoms with Gasteiger partial charge in [0.15, 0.2) is 5.78 Å². The number of nitrogens with one attached hydrogen (secondary N) is 1. The standard InChI is InChI=1S/C15H16N2O2/c1-11(18)14-4-3-9-16-15(14)17-10-12-5-7-13(19-2)8-6-12/h3-9H,10H2,1-2H3,(H,16,17). The Balaban J connectivity index is 2.07. The van der Waals surface area contributed by atoms with Gasteiger partial charge in [-0.1, -0.05) is 12.1 Å². The van der Waals surface area contributed by atoms with E-state index in [-0.39, 0.29) is 5.78 Å². The zero-order valence-corrected chi connectivity index (χ0v) is 11.0. The first-order chi connectivity index (χ1) is 9.20. The molecule has 98 valence electrons. The van der Waals surface area contributed by atoms with E-state index in [0.717, 1.165) is 11.3 Å². The van der Waals surface area contributed by atoms with Crippen LogP contribution < -0.4 is 10.1 Å². The number of pyridine rings is 1. The Morgan fingerprint density at radius 1 is 1.26 bits per heavy atom. The van der Waals surface area contributed by atoms with Crippen LogP contribution in [0.4, 0.5) is 5.82 Å². The van der Waals surface area contributed by atoms with Gasteiger partial charge in [0.2, 0.25) is 0 Å². The number of hydrogen-bond donors (Lipinski definition) is 1. The lowest BCUT2D eigenvalue weighted by atomic mass is 10.1. The molecule has 1 aromatic heterocycles. The molecule has 0 saturated carbocycles. The van der Waals surface area contributed by atoms with Gasteiger partial charge in [0.05, 0.1) is 12.7 Å². The summed E-state index contributed by atoms with van der Waals surface area (Å²) in [4.78, 5) is 15.7. The SMILES string of the molecule is COc1ccc(CNc2ncccc2C(C)=O)cc1. The molecule has 1 N–H and O–H groups in total. The van der Waals surface area contributed by atoms with Gasteiger partial charge in [-0.25, -0.2) is 4.98 Å². The number of benzene rings is 1. The molecule has 4 nitrogen and oxygen atoms in total. The summed E-state index contributed by atoms with van der Waals surface area (Å²) in [7, 11) is 1.64. The average molecular weight is 256 g/mol. The first-order valence-corrected chi connectivity index (χ1v) is 6.03. The lowest BCUT2D eigenvalue weighted by Gasteiger charge is -2.09. The number of carbonyl (C=O) groups is 1. The zero-order valence-electron chi connectivity index (χ0n) is 11.0. The second kappa shape index (κ2) is 6.00. The Labute approximate surface area is 112 Å². The number of ether oxygens (including phenoxy) is 1. The van der Waals surface area contributed by atoms with E-state index in [1.165, 1.54) is 6.92 Å². The van der Waals surface area contributed by atoms with Crippen molar-refractivity contribution in [3.63, 3.8) is 0 Å². The van der Waals surface area contributed by atoms with Gasteiger partial charge < -0.3 is 10.1 Å². The first-order valence-electron chi connectivity index (χ1n) is 6.03. The molecular formula is C15H16N2O2. The van der Waals surface area contributed by atoms with Crippen molar-refractivity contribution in [2.45, 2.75) is 13.5 Å². The van der Waals surface area contributed by atoms with E-state index in [2.05, 4.69) is 10.3 Å².